The summed E-state index contributed by atoms with van der Waals surface area (Å²) in [6.07, 6.45) is 4.98. The summed E-state index contributed by atoms with van der Waals surface area (Å²) in [5.74, 6) is 1.29. The van der Waals surface area contributed by atoms with Crippen LogP contribution in [0.3, 0.4) is 0 Å². The molecule has 158 valence electrons. The maximum absolute atomic E-state index is 11.3. The van der Waals surface area contributed by atoms with E-state index in [4.69, 9.17) is 4.74 Å². The number of nitrogens with zero attached hydrogens (tertiary/aromatic N) is 4. The van der Waals surface area contributed by atoms with Crippen LogP contribution in [0.25, 0.3) is 17.3 Å². The Kier molecular flexibility index (Phi) is 6.42. The van der Waals surface area contributed by atoms with Gasteiger partial charge >= 0.3 is 0 Å². The molecule has 0 aliphatic carbocycles. The van der Waals surface area contributed by atoms with Crippen LogP contribution in [0.4, 0.5) is 11.4 Å². The first-order chi connectivity index (χ1) is 15.2. The smallest absolute Gasteiger partial charge is 0.276 e. The molecule has 1 aliphatic heterocycles. The van der Waals surface area contributed by atoms with Gasteiger partial charge in [0.25, 0.3) is 5.69 Å². The first-order valence-corrected chi connectivity index (χ1v) is 11.0. The quantitative estimate of drug-likeness (QED) is 0.234. The van der Waals surface area contributed by atoms with E-state index >= 15 is 0 Å². The highest BCUT2D eigenvalue weighted by Gasteiger charge is 2.24. The molecule has 31 heavy (non-hydrogen) atoms. The summed E-state index contributed by atoms with van der Waals surface area (Å²) >= 11 is 1.54. The molecule has 0 radical (unpaired) electrons. The van der Waals surface area contributed by atoms with E-state index in [1.54, 1.807) is 42.1 Å². The van der Waals surface area contributed by atoms with Gasteiger partial charge in [-0.25, -0.2) is 0 Å². The number of hydrogen-bond donors (Lipinski definition) is 1. The number of nitro groups is 1. The predicted molar refractivity (Wildman–Crippen MR) is 121 cm³/mol. The molecule has 0 fully saturated rings. The third kappa shape index (κ3) is 4.83. The van der Waals surface area contributed by atoms with E-state index in [1.807, 2.05) is 24.3 Å². The van der Waals surface area contributed by atoms with Crippen LogP contribution in [0.15, 0.2) is 59.8 Å². The number of ether oxygens (including phenoxy) is 1. The normalized spacial score (nSPS) is 14.8. The second-order valence-corrected chi connectivity index (χ2v) is 7.92. The van der Waals surface area contributed by atoms with Crippen molar-refractivity contribution in [1.82, 2.24) is 15.2 Å². The second-order valence-electron chi connectivity index (χ2n) is 6.85. The second kappa shape index (κ2) is 9.57. The average molecular weight is 436 g/mol. The maximum atomic E-state index is 11.3. The lowest BCUT2D eigenvalue weighted by molar-refractivity contribution is -0.385. The number of nitro benzene ring substituents is 1. The van der Waals surface area contributed by atoms with Crippen LogP contribution >= 0.6 is 11.8 Å². The van der Waals surface area contributed by atoms with Crippen molar-refractivity contribution in [2.24, 2.45) is 0 Å². The van der Waals surface area contributed by atoms with Gasteiger partial charge in [-0.05, 0) is 30.7 Å². The highest BCUT2D eigenvalue weighted by atomic mass is 32.2. The minimum Gasteiger partial charge on any atom is -0.448 e. The molecule has 2 aromatic carbocycles. The van der Waals surface area contributed by atoms with Gasteiger partial charge in [0.1, 0.15) is 0 Å². The Labute approximate surface area is 183 Å². The highest BCUT2D eigenvalue weighted by Crippen LogP contribution is 2.36. The minimum atomic E-state index is -0.590. The molecule has 0 amide bonds. The van der Waals surface area contributed by atoms with Crippen LogP contribution < -0.4 is 10.1 Å². The molecule has 1 N–H and O–H groups in total. The molecule has 8 nitrogen and oxygen atoms in total. The third-order valence-corrected chi connectivity index (χ3v) is 5.59. The fourth-order valence-electron chi connectivity index (χ4n) is 3.11. The lowest BCUT2D eigenvalue weighted by Gasteiger charge is -2.15. The van der Waals surface area contributed by atoms with Crippen molar-refractivity contribution in [3.8, 4) is 17.1 Å². The number of benzene rings is 2. The van der Waals surface area contributed by atoms with Crippen LogP contribution in [0.1, 0.15) is 25.3 Å². The molecule has 0 saturated heterocycles. The number of unbranched alkanes of at least 4 members (excludes halogenated alkanes) is 1. The topological polar surface area (TPSA) is 103 Å². The molecule has 3 aromatic rings. The zero-order chi connectivity index (χ0) is 21.6. The number of fused-ring (bicyclic) bond motifs is 3. The standard InChI is InChI=1S/C22H21N5O3S/c1-2-3-14-31-22-24-21-20(25-26-22)16-9-5-6-10-17(16)23-19(30-21)13-12-15-8-4-7-11-18(15)27(28)29/h4-13,19,23H,2-3,14H2,1H3. The van der Waals surface area contributed by atoms with E-state index in [-0.39, 0.29) is 5.69 Å². The number of nitrogens with one attached hydrogen (secondary N) is 1. The van der Waals surface area contributed by atoms with E-state index in [2.05, 4.69) is 27.4 Å². The predicted octanol–water partition coefficient (Wildman–Crippen LogP) is 5.18. The van der Waals surface area contributed by atoms with Crippen molar-refractivity contribution in [1.29, 1.82) is 0 Å². The SMILES string of the molecule is CCCCSc1nnc2c(n1)OC(C=Cc1ccccc1[N+](=O)[O-])Nc1ccccc1-2. The lowest BCUT2D eigenvalue weighted by Crippen LogP contribution is -2.23. The molecule has 0 spiro atoms. The Morgan fingerprint density at radius 2 is 2.00 bits per heavy atom. The van der Waals surface area contributed by atoms with Gasteiger partial charge in [-0.2, -0.15) is 4.98 Å². The lowest BCUT2D eigenvalue weighted by atomic mass is 10.1. The van der Waals surface area contributed by atoms with E-state index in [0.29, 0.717) is 22.3 Å². The van der Waals surface area contributed by atoms with Gasteiger partial charge in [0.2, 0.25) is 11.0 Å². The number of anilines is 1. The summed E-state index contributed by atoms with van der Waals surface area (Å²) in [4.78, 5) is 15.5. The summed E-state index contributed by atoms with van der Waals surface area (Å²) in [6, 6.07) is 14.2. The van der Waals surface area contributed by atoms with Gasteiger partial charge in [-0.1, -0.05) is 55.4 Å². The Morgan fingerprint density at radius 1 is 1.19 bits per heavy atom. The Hall–Kier alpha value is -3.46. The molecule has 4 rings (SSSR count). The molecule has 9 heteroatoms. The van der Waals surface area contributed by atoms with Crippen molar-refractivity contribution in [3.63, 3.8) is 0 Å². The third-order valence-electron chi connectivity index (χ3n) is 4.67. The van der Waals surface area contributed by atoms with Crippen LogP contribution in [-0.4, -0.2) is 32.1 Å². The van der Waals surface area contributed by atoms with Crippen molar-refractivity contribution < 1.29 is 9.66 Å². The van der Waals surface area contributed by atoms with E-state index < -0.39 is 11.2 Å². The number of thioether (sulfide) groups is 1. The zero-order valence-electron chi connectivity index (χ0n) is 16.9. The van der Waals surface area contributed by atoms with Gasteiger partial charge in [0, 0.05) is 23.1 Å². The average Bonchev–Trinajstić information content (AvgIpc) is 2.94. The van der Waals surface area contributed by atoms with E-state index in [9.17, 15) is 10.1 Å². The molecule has 2 heterocycles. The number of para-hydroxylation sites is 2. The maximum Gasteiger partial charge on any atom is 0.276 e. The molecular formula is C22H21N5O3S. The largest absolute Gasteiger partial charge is 0.448 e. The molecule has 1 aliphatic rings. The Morgan fingerprint density at radius 3 is 2.84 bits per heavy atom. The highest BCUT2D eigenvalue weighted by molar-refractivity contribution is 7.99. The summed E-state index contributed by atoms with van der Waals surface area (Å²) < 4.78 is 6.11. The molecular weight excluding hydrogens is 414 g/mol. The zero-order valence-corrected chi connectivity index (χ0v) is 17.7. The van der Waals surface area contributed by atoms with Crippen molar-refractivity contribution in [3.05, 3.63) is 70.3 Å². The van der Waals surface area contributed by atoms with Crippen molar-refractivity contribution in [2.75, 3.05) is 11.1 Å². The van der Waals surface area contributed by atoms with Crippen LogP contribution in [0, 0.1) is 10.1 Å². The number of hydrogen-bond acceptors (Lipinski definition) is 8. The van der Waals surface area contributed by atoms with Crippen molar-refractivity contribution >= 4 is 29.2 Å². The van der Waals surface area contributed by atoms with Gasteiger partial charge in [-0.3, -0.25) is 10.1 Å². The van der Waals surface area contributed by atoms with Gasteiger partial charge in [-0.15, -0.1) is 10.2 Å². The minimum absolute atomic E-state index is 0.0341. The first-order valence-electron chi connectivity index (χ1n) is 9.97. The number of rotatable bonds is 7. The molecule has 1 atom stereocenters. The summed E-state index contributed by atoms with van der Waals surface area (Å²) in [5.41, 5.74) is 2.74. The van der Waals surface area contributed by atoms with Gasteiger partial charge in [0.15, 0.2) is 11.9 Å². The van der Waals surface area contributed by atoms with Crippen molar-refractivity contribution in [2.45, 2.75) is 31.1 Å². The molecule has 0 bridgehead atoms. The molecule has 1 aromatic heterocycles. The van der Waals surface area contributed by atoms with E-state index in [0.717, 1.165) is 29.8 Å². The monoisotopic (exact) mass is 435 g/mol. The summed E-state index contributed by atoms with van der Waals surface area (Å²) in [6.45, 7) is 2.14. The Balaban J connectivity index is 1.67. The first kappa shape index (κ1) is 20.8. The van der Waals surface area contributed by atoms with Gasteiger partial charge in [0.05, 0.1) is 10.5 Å². The molecule has 0 saturated carbocycles. The van der Waals surface area contributed by atoms with E-state index in [1.165, 1.54) is 6.07 Å². The summed E-state index contributed by atoms with van der Waals surface area (Å²) in [7, 11) is 0. The Bertz CT molecular complexity index is 1120. The van der Waals surface area contributed by atoms with Crippen LogP contribution in [-0.2, 0) is 0 Å². The van der Waals surface area contributed by atoms with Crippen LogP contribution in [0.2, 0.25) is 0 Å². The summed E-state index contributed by atoms with van der Waals surface area (Å²) in [5, 5.41) is 23.8. The van der Waals surface area contributed by atoms with Gasteiger partial charge < -0.3 is 10.1 Å². The molecule has 1 unspecified atom stereocenters. The fraction of sp³-hybridized carbons (Fsp3) is 0.227. The fourth-order valence-corrected chi connectivity index (χ4v) is 3.97. The van der Waals surface area contributed by atoms with Crippen LogP contribution in [0.5, 0.6) is 5.88 Å². The number of aromatic nitrogens is 3.